The van der Waals surface area contributed by atoms with Gasteiger partial charge in [-0.1, -0.05) is 18.2 Å². The van der Waals surface area contributed by atoms with Gasteiger partial charge in [-0.2, -0.15) is 0 Å². The summed E-state index contributed by atoms with van der Waals surface area (Å²) in [4.78, 5) is 0. The second kappa shape index (κ2) is 3.71. The number of nitrogens with one attached hydrogen (secondary N) is 1. The molecule has 0 unspecified atom stereocenters. The standard InChI is InChI=1S/C11H12FN/c12-11-5-3-9(4-6-11)10-2-1-7-13-8-10/h2-6,13H,1,7-8H2. The van der Waals surface area contributed by atoms with Gasteiger partial charge in [0, 0.05) is 6.54 Å². The molecule has 1 aliphatic rings. The third-order valence-electron chi connectivity index (χ3n) is 2.24. The minimum Gasteiger partial charge on any atom is -0.312 e. The summed E-state index contributed by atoms with van der Waals surface area (Å²) in [5, 5.41) is 3.29. The Morgan fingerprint density at radius 3 is 2.54 bits per heavy atom. The van der Waals surface area contributed by atoms with Crippen LogP contribution in [0, 0.1) is 5.82 Å². The Morgan fingerprint density at radius 1 is 1.15 bits per heavy atom. The average Bonchev–Trinajstić information content (AvgIpc) is 2.20. The lowest BCUT2D eigenvalue weighted by atomic mass is 10.0. The highest BCUT2D eigenvalue weighted by atomic mass is 19.1. The molecule has 0 fully saturated rings. The van der Waals surface area contributed by atoms with E-state index >= 15 is 0 Å². The Hall–Kier alpha value is -1.15. The molecule has 0 saturated heterocycles. The molecule has 0 bridgehead atoms. The van der Waals surface area contributed by atoms with E-state index in [0.717, 1.165) is 25.1 Å². The van der Waals surface area contributed by atoms with Gasteiger partial charge in [-0.3, -0.25) is 0 Å². The lowest BCUT2D eigenvalue weighted by molar-refractivity contribution is 0.627. The highest BCUT2D eigenvalue weighted by Gasteiger charge is 2.04. The van der Waals surface area contributed by atoms with E-state index in [1.807, 2.05) is 12.1 Å². The van der Waals surface area contributed by atoms with Crippen LogP contribution in [0.4, 0.5) is 4.39 Å². The van der Waals surface area contributed by atoms with Crippen LogP contribution in [-0.2, 0) is 0 Å². The molecular formula is C11H12FN. The Labute approximate surface area is 77.3 Å². The van der Waals surface area contributed by atoms with Crippen LogP contribution < -0.4 is 5.32 Å². The molecule has 1 aromatic rings. The second-order valence-corrected chi connectivity index (χ2v) is 3.20. The van der Waals surface area contributed by atoms with Gasteiger partial charge >= 0.3 is 0 Å². The van der Waals surface area contributed by atoms with E-state index in [-0.39, 0.29) is 5.82 Å². The summed E-state index contributed by atoms with van der Waals surface area (Å²) in [6.45, 7) is 1.94. The highest BCUT2D eigenvalue weighted by Crippen LogP contribution is 2.16. The minimum atomic E-state index is -0.173. The predicted octanol–water partition coefficient (Wildman–Crippen LogP) is 2.20. The van der Waals surface area contributed by atoms with Crippen molar-refractivity contribution in [2.75, 3.05) is 13.1 Å². The molecule has 68 valence electrons. The first-order chi connectivity index (χ1) is 6.36. The van der Waals surface area contributed by atoms with E-state index < -0.39 is 0 Å². The van der Waals surface area contributed by atoms with Crippen LogP contribution in [-0.4, -0.2) is 13.1 Å². The van der Waals surface area contributed by atoms with E-state index in [0.29, 0.717) is 0 Å². The van der Waals surface area contributed by atoms with Crippen LogP contribution >= 0.6 is 0 Å². The maximum atomic E-state index is 12.6. The molecule has 0 atom stereocenters. The highest BCUT2D eigenvalue weighted by molar-refractivity contribution is 5.67. The van der Waals surface area contributed by atoms with Gasteiger partial charge in [0.2, 0.25) is 0 Å². The Morgan fingerprint density at radius 2 is 1.92 bits per heavy atom. The first-order valence-corrected chi connectivity index (χ1v) is 4.52. The van der Waals surface area contributed by atoms with Crippen LogP contribution in [0.2, 0.25) is 0 Å². The Kier molecular flexibility index (Phi) is 2.41. The molecule has 2 heteroatoms. The average molecular weight is 177 g/mol. The van der Waals surface area contributed by atoms with Gasteiger partial charge < -0.3 is 5.32 Å². The predicted molar refractivity (Wildman–Crippen MR) is 51.9 cm³/mol. The third kappa shape index (κ3) is 1.95. The molecule has 0 aliphatic carbocycles. The fourth-order valence-corrected chi connectivity index (χ4v) is 1.53. The van der Waals surface area contributed by atoms with Gasteiger partial charge in [0.25, 0.3) is 0 Å². The van der Waals surface area contributed by atoms with Gasteiger partial charge in [-0.05, 0) is 36.2 Å². The smallest absolute Gasteiger partial charge is 0.123 e. The zero-order valence-electron chi connectivity index (χ0n) is 7.39. The van der Waals surface area contributed by atoms with Crippen molar-refractivity contribution in [2.24, 2.45) is 0 Å². The SMILES string of the molecule is Fc1ccc(C2=CCCNC2)cc1. The lowest BCUT2D eigenvalue weighted by Crippen LogP contribution is -2.21. The molecule has 1 aromatic carbocycles. The van der Waals surface area contributed by atoms with Crippen LogP contribution in [0.5, 0.6) is 0 Å². The lowest BCUT2D eigenvalue weighted by Gasteiger charge is -2.14. The summed E-state index contributed by atoms with van der Waals surface area (Å²) in [7, 11) is 0. The zero-order valence-corrected chi connectivity index (χ0v) is 7.39. The normalized spacial score (nSPS) is 16.8. The van der Waals surface area contributed by atoms with Gasteiger partial charge in [0.1, 0.15) is 5.82 Å². The fourth-order valence-electron chi connectivity index (χ4n) is 1.53. The van der Waals surface area contributed by atoms with Crippen molar-refractivity contribution in [3.63, 3.8) is 0 Å². The molecule has 13 heavy (non-hydrogen) atoms. The van der Waals surface area contributed by atoms with Gasteiger partial charge in [-0.25, -0.2) is 4.39 Å². The molecule has 1 heterocycles. The molecule has 1 N–H and O–H groups in total. The number of hydrogen-bond acceptors (Lipinski definition) is 1. The summed E-state index contributed by atoms with van der Waals surface area (Å²) >= 11 is 0. The van der Waals surface area contributed by atoms with Crippen molar-refractivity contribution >= 4 is 5.57 Å². The minimum absolute atomic E-state index is 0.173. The third-order valence-corrected chi connectivity index (χ3v) is 2.24. The molecule has 0 aromatic heterocycles. The quantitative estimate of drug-likeness (QED) is 0.693. The Bertz CT molecular complexity index is 313. The number of halogens is 1. The summed E-state index contributed by atoms with van der Waals surface area (Å²) < 4.78 is 12.6. The van der Waals surface area contributed by atoms with E-state index in [9.17, 15) is 4.39 Å². The van der Waals surface area contributed by atoms with Crippen LogP contribution in [0.3, 0.4) is 0 Å². The molecule has 2 rings (SSSR count). The van der Waals surface area contributed by atoms with Crippen molar-refractivity contribution in [1.82, 2.24) is 5.32 Å². The van der Waals surface area contributed by atoms with Crippen LogP contribution in [0.25, 0.3) is 5.57 Å². The van der Waals surface area contributed by atoms with Gasteiger partial charge in [0.15, 0.2) is 0 Å². The summed E-state index contributed by atoms with van der Waals surface area (Å²) in [6.07, 6.45) is 3.27. The number of rotatable bonds is 1. The molecule has 0 saturated carbocycles. The molecule has 0 amide bonds. The molecule has 0 radical (unpaired) electrons. The summed E-state index contributed by atoms with van der Waals surface area (Å²) in [6, 6.07) is 6.66. The monoisotopic (exact) mass is 177 g/mol. The van der Waals surface area contributed by atoms with E-state index in [2.05, 4.69) is 11.4 Å². The largest absolute Gasteiger partial charge is 0.312 e. The number of hydrogen-bond donors (Lipinski definition) is 1. The summed E-state index contributed by atoms with van der Waals surface area (Å²) in [5.41, 5.74) is 2.39. The van der Waals surface area contributed by atoms with Crippen LogP contribution in [0.15, 0.2) is 30.3 Å². The van der Waals surface area contributed by atoms with Crippen molar-refractivity contribution in [2.45, 2.75) is 6.42 Å². The van der Waals surface area contributed by atoms with Crippen molar-refractivity contribution in [3.8, 4) is 0 Å². The maximum absolute atomic E-state index is 12.6. The molecule has 1 aliphatic heterocycles. The molecular weight excluding hydrogens is 165 g/mol. The topological polar surface area (TPSA) is 12.0 Å². The molecule has 0 spiro atoms. The summed E-state index contributed by atoms with van der Waals surface area (Å²) in [5.74, 6) is -0.173. The van der Waals surface area contributed by atoms with Crippen LogP contribution in [0.1, 0.15) is 12.0 Å². The fraction of sp³-hybridized carbons (Fsp3) is 0.273. The van der Waals surface area contributed by atoms with Crippen molar-refractivity contribution in [1.29, 1.82) is 0 Å². The first-order valence-electron chi connectivity index (χ1n) is 4.52. The van der Waals surface area contributed by atoms with E-state index in [1.165, 1.54) is 17.7 Å². The molecule has 1 nitrogen and oxygen atoms in total. The van der Waals surface area contributed by atoms with Gasteiger partial charge in [0.05, 0.1) is 0 Å². The number of benzene rings is 1. The van der Waals surface area contributed by atoms with Gasteiger partial charge in [-0.15, -0.1) is 0 Å². The van der Waals surface area contributed by atoms with E-state index in [1.54, 1.807) is 0 Å². The maximum Gasteiger partial charge on any atom is 0.123 e. The van der Waals surface area contributed by atoms with E-state index in [4.69, 9.17) is 0 Å². The zero-order chi connectivity index (χ0) is 9.10. The Balaban J connectivity index is 2.24. The van der Waals surface area contributed by atoms with Crippen molar-refractivity contribution in [3.05, 3.63) is 41.7 Å². The first kappa shape index (κ1) is 8.45. The van der Waals surface area contributed by atoms with Crippen molar-refractivity contribution < 1.29 is 4.39 Å². The second-order valence-electron chi connectivity index (χ2n) is 3.20.